The third-order valence-corrected chi connectivity index (χ3v) is 2.11. The fourth-order valence-electron chi connectivity index (χ4n) is 1.38. The SMILES string of the molecule is O=C1NC(=O)/C(=C\c2cccc([N+](=O)[O-])c2)N1. The summed E-state index contributed by atoms with van der Waals surface area (Å²) in [6.07, 6.45) is 1.37. The molecule has 0 unspecified atom stereocenters. The van der Waals surface area contributed by atoms with E-state index in [1.54, 1.807) is 6.07 Å². The van der Waals surface area contributed by atoms with Crippen LogP contribution in [0, 0.1) is 10.1 Å². The molecule has 17 heavy (non-hydrogen) atoms. The topological polar surface area (TPSA) is 101 Å². The smallest absolute Gasteiger partial charge is 0.303 e. The maximum atomic E-state index is 11.2. The Hall–Kier alpha value is -2.70. The number of nitro benzene ring substituents is 1. The van der Waals surface area contributed by atoms with E-state index >= 15 is 0 Å². The van der Waals surface area contributed by atoms with Crippen molar-refractivity contribution in [3.63, 3.8) is 0 Å². The third kappa shape index (κ3) is 2.28. The average molecular weight is 233 g/mol. The summed E-state index contributed by atoms with van der Waals surface area (Å²) in [6.45, 7) is 0. The lowest BCUT2D eigenvalue weighted by molar-refractivity contribution is -0.384. The summed E-state index contributed by atoms with van der Waals surface area (Å²) in [4.78, 5) is 32.1. The van der Waals surface area contributed by atoms with Crippen molar-refractivity contribution in [2.45, 2.75) is 0 Å². The highest BCUT2D eigenvalue weighted by Crippen LogP contribution is 2.15. The zero-order valence-electron chi connectivity index (χ0n) is 8.47. The van der Waals surface area contributed by atoms with E-state index < -0.39 is 16.9 Å². The molecular formula is C10H7N3O4. The van der Waals surface area contributed by atoms with E-state index in [0.717, 1.165) is 0 Å². The second-order valence-electron chi connectivity index (χ2n) is 3.32. The van der Waals surface area contributed by atoms with Gasteiger partial charge in [-0.25, -0.2) is 4.79 Å². The van der Waals surface area contributed by atoms with Crippen molar-refractivity contribution in [3.8, 4) is 0 Å². The molecule has 1 aromatic carbocycles. The fourth-order valence-corrected chi connectivity index (χ4v) is 1.38. The van der Waals surface area contributed by atoms with Crippen molar-refractivity contribution in [3.05, 3.63) is 45.6 Å². The van der Waals surface area contributed by atoms with Crippen molar-refractivity contribution < 1.29 is 14.5 Å². The first-order valence-corrected chi connectivity index (χ1v) is 4.65. The van der Waals surface area contributed by atoms with Gasteiger partial charge < -0.3 is 5.32 Å². The first kappa shape index (κ1) is 10.8. The molecule has 1 aliphatic heterocycles. The van der Waals surface area contributed by atoms with Crippen LogP contribution in [0.5, 0.6) is 0 Å². The highest BCUT2D eigenvalue weighted by atomic mass is 16.6. The van der Waals surface area contributed by atoms with E-state index in [0.29, 0.717) is 5.56 Å². The molecule has 1 fully saturated rings. The maximum absolute atomic E-state index is 11.2. The van der Waals surface area contributed by atoms with E-state index in [1.165, 1.54) is 24.3 Å². The zero-order valence-corrected chi connectivity index (χ0v) is 8.47. The van der Waals surface area contributed by atoms with Gasteiger partial charge in [-0.3, -0.25) is 20.2 Å². The van der Waals surface area contributed by atoms with E-state index in [9.17, 15) is 19.7 Å². The molecule has 0 bridgehead atoms. The van der Waals surface area contributed by atoms with Gasteiger partial charge in [0, 0.05) is 12.1 Å². The highest BCUT2D eigenvalue weighted by Gasteiger charge is 2.22. The minimum absolute atomic E-state index is 0.0653. The van der Waals surface area contributed by atoms with E-state index in [-0.39, 0.29) is 11.4 Å². The number of urea groups is 1. The lowest BCUT2D eigenvalue weighted by Crippen LogP contribution is -2.22. The molecule has 1 heterocycles. The second-order valence-corrected chi connectivity index (χ2v) is 3.32. The number of amides is 3. The van der Waals surface area contributed by atoms with Gasteiger partial charge in [0.1, 0.15) is 5.70 Å². The molecular weight excluding hydrogens is 226 g/mol. The number of rotatable bonds is 2. The summed E-state index contributed by atoms with van der Waals surface area (Å²) in [5.74, 6) is -0.554. The maximum Gasteiger partial charge on any atom is 0.326 e. The lowest BCUT2D eigenvalue weighted by Gasteiger charge is -1.96. The molecule has 3 amide bonds. The molecule has 0 radical (unpaired) electrons. The molecule has 2 N–H and O–H groups in total. The quantitative estimate of drug-likeness (QED) is 0.341. The van der Waals surface area contributed by atoms with E-state index in [4.69, 9.17) is 0 Å². The van der Waals surface area contributed by atoms with Crippen LogP contribution in [-0.4, -0.2) is 16.9 Å². The number of non-ortho nitro benzene ring substituents is 1. The van der Waals surface area contributed by atoms with Gasteiger partial charge in [-0.05, 0) is 11.6 Å². The van der Waals surface area contributed by atoms with Gasteiger partial charge in [-0.1, -0.05) is 12.1 Å². The van der Waals surface area contributed by atoms with E-state index in [2.05, 4.69) is 5.32 Å². The van der Waals surface area contributed by atoms with Gasteiger partial charge in [-0.2, -0.15) is 0 Å². The molecule has 0 aliphatic carbocycles. The predicted octanol–water partition coefficient (Wildman–Crippen LogP) is 0.775. The lowest BCUT2D eigenvalue weighted by atomic mass is 10.1. The Morgan fingerprint density at radius 1 is 1.24 bits per heavy atom. The van der Waals surface area contributed by atoms with Crippen LogP contribution in [0.4, 0.5) is 10.5 Å². The number of nitrogens with one attached hydrogen (secondary N) is 2. The van der Waals surface area contributed by atoms with Crippen LogP contribution in [0.25, 0.3) is 6.08 Å². The molecule has 2 rings (SSSR count). The molecule has 86 valence electrons. The molecule has 0 spiro atoms. The van der Waals surface area contributed by atoms with Crippen molar-refractivity contribution >= 4 is 23.7 Å². The van der Waals surface area contributed by atoms with Gasteiger partial charge in [-0.15, -0.1) is 0 Å². The molecule has 0 aromatic heterocycles. The summed E-state index contributed by atoms with van der Waals surface area (Å²) in [6, 6.07) is 5.14. The number of hydrogen-bond acceptors (Lipinski definition) is 4. The number of imide groups is 1. The Balaban J connectivity index is 2.33. The monoisotopic (exact) mass is 233 g/mol. The minimum atomic E-state index is -0.605. The van der Waals surface area contributed by atoms with Crippen LogP contribution in [0.3, 0.4) is 0 Å². The van der Waals surface area contributed by atoms with Crippen LogP contribution in [0.1, 0.15) is 5.56 Å². The Kier molecular flexibility index (Phi) is 2.57. The Morgan fingerprint density at radius 3 is 2.59 bits per heavy atom. The van der Waals surface area contributed by atoms with Gasteiger partial charge in [0.05, 0.1) is 4.92 Å². The van der Waals surface area contributed by atoms with Crippen LogP contribution < -0.4 is 10.6 Å². The molecule has 0 saturated carbocycles. The van der Waals surface area contributed by atoms with Crippen molar-refractivity contribution in [1.82, 2.24) is 10.6 Å². The number of benzene rings is 1. The summed E-state index contributed by atoms with van der Waals surface area (Å²) >= 11 is 0. The minimum Gasteiger partial charge on any atom is -0.303 e. The molecule has 7 heteroatoms. The van der Waals surface area contributed by atoms with Crippen LogP contribution in [0.2, 0.25) is 0 Å². The molecule has 7 nitrogen and oxygen atoms in total. The van der Waals surface area contributed by atoms with Gasteiger partial charge >= 0.3 is 6.03 Å². The standard InChI is InChI=1S/C10H7N3O4/c14-9-8(11-10(15)12-9)5-6-2-1-3-7(4-6)13(16)17/h1-5H,(H2,11,12,14,15)/b8-5+. The number of carbonyl (C=O) groups is 2. The van der Waals surface area contributed by atoms with Gasteiger partial charge in [0.15, 0.2) is 0 Å². The van der Waals surface area contributed by atoms with Crippen LogP contribution in [-0.2, 0) is 4.79 Å². The summed E-state index contributed by atoms with van der Waals surface area (Å²) in [5, 5.41) is 14.9. The van der Waals surface area contributed by atoms with Gasteiger partial charge in [0.25, 0.3) is 11.6 Å². The molecule has 1 aliphatic rings. The highest BCUT2D eigenvalue weighted by molar-refractivity contribution is 6.13. The Bertz CT molecular complexity index is 550. The number of nitro groups is 1. The van der Waals surface area contributed by atoms with Crippen molar-refractivity contribution in [1.29, 1.82) is 0 Å². The van der Waals surface area contributed by atoms with Crippen LogP contribution in [0.15, 0.2) is 30.0 Å². The number of hydrogen-bond donors (Lipinski definition) is 2. The Labute approximate surface area is 95.3 Å². The zero-order chi connectivity index (χ0) is 12.4. The van der Waals surface area contributed by atoms with Crippen molar-refractivity contribution in [2.24, 2.45) is 0 Å². The molecule has 1 aromatic rings. The first-order chi connectivity index (χ1) is 8.06. The third-order valence-electron chi connectivity index (χ3n) is 2.11. The molecule has 0 atom stereocenters. The van der Waals surface area contributed by atoms with Gasteiger partial charge in [0.2, 0.25) is 0 Å². The molecule has 1 saturated heterocycles. The largest absolute Gasteiger partial charge is 0.326 e. The summed E-state index contributed by atoms with van der Waals surface area (Å²) < 4.78 is 0. The van der Waals surface area contributed by atoms with Crippen molar-refractivity contribution in [2.75, 3.05) is 0 Å². The second kappa shape index (κ2) is 4.05. The average Bonchev–Trinajstić information content (AvgIpc) is 2.58. The summed E-state index contributed by atoms with van der Waals surface area (Å²) in [7, 11) is 0. The van der Waals surface area contributed by atoms with E-state index in [1.807, 2.05) is 5.32 Å². The number of carbonyl (C=O) groups excluding carboxylic acids is 2. The predicted molar refractivity (Wildman–Crippen MR) is 57.7 cm³/mol. The fraction of sp³-hybridized carbons (Fsp3) is 0. The summed E-state index contributed by atoms with van der Waals surface area (Å²) in [5.41, 5.74) is 0.450. The first-order valence-electron chi connectivity index (χ1n) is 4.65. The van der Waals surface area contributed by atoms with Crippen LogP contribution >= 0.6 is 0 Å². The Morgan fingerprint density at radius 2 is 2.00 bits per heavy atom. The number of nitrogens with zero attached hydrogens (tertiary/aromatic N) is 1. The normalized spacial score (nSPS) is 16.8.